The van der Waals surface area contributed by atoms with Crippen LogP contribution in [0.1, 0.15) is 32.4 Å². The molecule has 0 unspecified atom stereocenters. The van der Waals surface area contributed by atoms with Crippen molar-refractivity contribution in [1.29, 1.82) is 0 Å². The minimum atomic E-state index is -1.24. The summed E-state index contributed by atoms with van der Waals surface area (Å²) in [5.41, 5.74) is 0.950. The molecule has 0 aromatic heterocycles. The van der Waals surface area contributed by atoms with E-state index < -0.39 is 22.8 Å². The second-order valence-corrected chi connectivity index (χ2v) is 6.89. The van der Waals surface area contributed by atoms with Crippen molar-refractivity contribution < 1.29 is 19.2 Å². The zero-order chi connectivity index (χ0) is 21.8. The van der Waals surface area contributed by atoms with Crippen LogP contribution in [-0.4, -0.2) is 16.7 Å². The highest BCUT2D eigenvalue weighted by Crippen LogP contribution is 2.27. The van der Waals surface area contributed by atoms with Gasteiger partial charge in [0, 0.05) is 23.3 Å². The van der Waals surface area contributed by atoms with Gasteiger partial charge in [-0.25, -0.2) is 4.79 Å². The fourth-order valence-electron chi connectivity index (χ4n) is 3.37. The minimum absolute atomic E-state index is 0.116. The van der Waals surface area contributed by atoms with Gasteiger partial charge in [-0.15, -0.1) is 0 Å². The lowest BCUT2D eigenvalue weighted by Gasteiger charge is -2.18. The average molecular weight is 411 g/mol. The predicted molar refractivity (Wildman–Crippen MR) is 116 cm³/mol. The Morgan fingerprint density at radius 3 is 2.13 bits per heavy atom. The number of hydrogen-bond acceptors (Lipinski definition) is 5. The number of ketones is 1. The number of non-ortho nitro benzene ring substituents is 1. The normalized spacial score (nSPS) is 11.6. The molecular formula is C25H17NO5. The number of esters is 1. The number of hydrogen-bond donors (Lipinski definition) is 0. The Balaban J connectivity index is 1.72. The molecule has 0 bridgehead atoms. The summed E-state index contributed by atoms with van der Waals surface area (Å²) < 4.78 is 5.69. The summed E-state index contributed by atoms with van der Waals surface area (Å²) in [6.45, 7) is 0. The van der Waals surface area contributed by atoms with Crippen molar-refractivity contribution in [3.63, 3.8) is 0 Å². The highest BCUT2D eigenvalue weighted by molar-refractivity contribution is 6.07. The molecule has 0 amide bonds. The summed E-state index contributed by atoms with van der Waals surface area (Å²) in [5, 5.41) is 12.6. The lowest BCUT2D eigenvalue weighted by molar-refractivity contribution is -0.384. The summed E-state index contributed by atoms with van der Waals surface area (Å²) in [6, 6.07) is 26.6. The molecule has 0 radical (unpaired) electrons. The van der Waals surface area contributed by atoms with Crippen molar-refractivity contribution in [1.82, 2.24) is 0 Å². The smallest absolute Gasteiger partial charge is 0.339 e. The lowest BCUT2D eigenvalue weighted by Crippen LogP contribution is -2.20. The van der Waals surface area contributed by atoms with E-state index in [9.17, 15) is 19.7 Å². The van der Waals surface area contributed by atoms with Crippen LogP contribution in [0.25, 0.3) is 10.8 Å². The first-order valence-corrected chi connectivity index (χ1v) is 9.57. The Kier molecular flexibility index (Phi) is 5.53. The number of fused-ring (bicyclic) bond motifs is 1. The van der Waals surface area contributed by atoms with E-state index >= 15 is 0 Å². The van der Waals surface area contributed by atoms with Crippen LogP contribution in [0.4, 0.5) is 5.69 Å². The van der Waals surface area contributed by atoms with Crippen LogP contribution in [0.5, 0.6) is 0 Å². The fourth-order valence-corrected chi connectivity index (χ4v) is 3.37. The van der Waals surface area contributed by atoms with Gasteiger partial charge in [0.15, 0.2) is 6.10 Å². The van der Waals surface area contributed by atoms with Crippen molar-refractivity contribution in [3.05, 3.63) is 124 Å². The number of ether oxygens (including phenoxy) is 1. The monoisotopic (exact) mass is 411 g/mol. The van der Waals surface area contributed by atoms with Crippen LogP contribution in [0, 0.1) is 10.1 Å². The number of carbonyl (C=O) groups excluding carboxylic acids is 2. The third-order valence-electron chi connectivity index (χ3n) is 4.94. The molecule has 0 saturated carbocycles. The van der Waals surface area contributed by atoms with Gasteiger partial charge in [0.2, 0.25) is 5.78 Å². The van der Waals surface area contributed by atoms with Gasteiger partial charge in [-0.05, 0) is 29.0 Å². The predicted octanol–water partition coefficient (Wildman–Crippen LogP) is 5.53. The van der Waals surface area contributed by atoms with Crippen LogP contribution in [0.3, 0.4) is 0 Å². The maximum atomic E-state index is 13.2. The number of carbonyl (C=O) groups is 2. The van der Waals surface area contributed by atoms with E-state index in [1.807, 2.05) is 30.3 Å². The summed E-state index contributed by atoms with van der Waals surface area (Å²) in [5.74, 6) is -1.06. The standard InChI is InChI=1S/C25H17NO5/c27-23(18-8-2-1-3-9-18)24(19-13-15-20(16-14-19)26(29)30)31-25(28)22-12-6-10-17-7-4-5-11-21(17)22/h1-16,24H/t24-/m0/s1. The molecule has 4 aromatic carbocycles. The largest absolute Gasteiger partial charge is 0.445 e. The van der Waals surface area contributed by atoms with Gasteiger partial charge in [0.05, 0.1) is 10.5 Å². The van der Waals surface area contributed by atoms with E-state index in [1.54, 1.807) is 42.5 Å². The molecule has 0 fully saturated rings. The fraction of sp³-hybridized carbons (Fsp3) is 0.0400. The summed E-state index contributed by atoms with van der Waals surface area (Å²) in [6.07, 6.45) is -1.24. The van der Waals surface area contributed by atoms with E-state index in [1.165, 1.54) is 24.3 Å². The zero-order valence-electron chi connectivity index (χ0n) is 16.3. The SMILES string of the molecule is O=C(O[C@H](C(=O)c1ccccc1)c1ccc([N+](=O)[O-])cc1)c1cccc2ccccc12. The molecule has 6 heteroatoms. The van der Waals surface area contributed by atoms with Crippen molar-refractivity contribution in [3.8, 4) is 0 Å². The maximum Gasteiger partial charge on any atom is 0.339 e. The van der Waals surface area contributed by atoms with Crippen molar-refractivity contribution in [2.45, 2.75) is 6.10 Å². The Hall–Kier alpha value is -4.32. The third kappa shape index (κ3) is 4.18. The first kappa shape index (κ1) is 20.0. The maximum absolute atomic E-state index is 13.2. The quantitative estimate of drug-likeness (QED) is 0.180. The first-order valence-electron chi connectivity index (χ1n) is 9.57. The third-order valence-corrected chi connectivity index (χ3v) is 4.94. The number of benzene rings is 4. The molecule has 0 aliphatic rings. The van der Waals surface area contributed by atoms with Crippen molar-refractivity contribution in [2.24, 2.45) is 0 Å². The van der Waals surface area contributed by atoms with Crippen molar-refractivity contribution >= 4 is 28.2 Å². The molecule has 0 heterocycles. The van der Waals surface area contributed by atoms with Gasteiger partial charge in [-0.2, -0.15) is 0 Å². The summed E-state index contributed by atoms with van der Waals surface area (Å²) in [7, 11) is 0. The minimum Gasteiger partial charge on any atom is -0.445 e. The zero-order valence-corrected chi connectivity index (χ0v) is 16.3. The lowest BCUT2D eigenvalue weighted by atomic mass is 9.99. The van der Waals surface area contributed by atoms with Crippen LogP contribution >= 0.6 is 0 Å². The molecule has 4 aromatic rings. The second-order valence-electron chi connectivity index (χ2n) is 6.89. The van der Waals surface area contributed by atoms with E-state index in [0.29, 0.717) is 22.1 Å². The van der Waals surface area contributed by atoms with Gasteiger partial charge in [0.25, 0.3) is 5.69 Å². The Bertz CT molecular complexity index is 1260. The molecule has 31 heavy (non-hydrogen) atoms. The molecule has 6 nitrogen and oxygen atoms in total. The molecule has 0 spiro atoms. The van der Waals surface area contributed by atoms with Crippen LogP contribution in [0.15, 0.2) is 97.1 Å². The second kappa shape index (κ2) is 8.59. The van der Waals surface area contributed by atoms with Crippen LogP contribution < -0.4 is 0 Å². The average Bonchev–Trinajstić information content (AvgIpc) is 2.82. The van der Waals surface area contributed by atoms with Gasteiger partial charge in [-0.3, -0.25) is 14.9 Å². The first-order chi connectivity index (χ1) is 15.0. The molecular weight excluding hydrogens is 394 g/mol. The van der Waals surface area contributed by atoms with Gasteiger partial charge in [0.1, 0.15) is 0 Å². The van der Waals surface area contributed by atoms with Crippen LogP contribution in [0.2, 0.25) is 0 Å². The van der Waals surface area contributed by atoms with Gasteiger partial charge in [-0.1, -0.05) is 66.7 Å². The number of rotatable bonds is 6. The summed E-state index contributed by atoms with van der Waals surface area (Å²) >= 11 is 0. The Labute approximate surface area is 177 Å². The topological polar surface area (TPSA) is 86.5 Å². The van der Waals surface area contributed by atoms with Gasteiger partial charge >= 0.3 is 5.97 Å². The molecule has 0 aliphatic carbocycles. The van der Waals surface area contributed by atoms with E-state index in [0.717, 1.165) is 5.39 Å². The molecule has 1 atom stereocenters. The molecule has 152 valence electrons. The summed E-state index contributed by atoms with van der Waals surface area (Å²) in [4.78, 5) is 36.7. The van der Waals surface area contributed by atoms with E-state index in [2.05, 4.69) is 0 Å². The number of nitro groups is 1. The number of nitrogens with zero attached hydrogens (tertiary/aromatic N) is 1. The molecule has 0 saturated heterocycles. The highest BCUT2D eigenvalue weighted by atomic mass is 16.6. The van der Waals surface area contributed by atoms with E-state index in [4.69, 9.17) is 4.74 Å². The number of Topliss-reactive ketones (excluding diaryl/α,β-unsaturated/α-hetero) is 1. The Morgan fingerprint density at radius 2 is 1.42 bits per heavy atom. The number of nitro benzene ring substituents is 1. The molecule has 4 rings (SSSR count). The molecule has 0 N–H and O–H groups in total. The molecule has 0 aliphatic heterocycles. The highest BCUT2D eigenvalue weighted by Gasteiger charge is 2.28. The van der Waals surface area contributed by atoms with Crippen LogP contribution in [-0.2, 0) is 4.74 Å². The Morgan fingerprint density at radius 1 is 0.774 bits per heavy atom. The van der Waals surface area contributed by atoms with E-state index in [-0.39, 0.29) is 5.69 Å². The van der Waals surface area contributed by atoms with Crippen molar-refractivity contribution in [2.75, 3.05) is 0 Å². The van der Waals surface area contributed by atoms with Gasteiger partial charge < -0.3 is 4.74 Å².